The minimum Gasteiger partial charge on any atom is -0.348 e. The molecule has 3 rings (SSSR count). The van der Waals surface area contributed by atoms with E-state index in [-0.39, 0.29) is 5.56 Å². The Labute approximate surface area is 179 Å². The Morgan fingerprint density at radius 2 is 1.74 bits per heavy atom. The van der Waals surface area contributed by atoms with Gasteiger partial charge in [-0.15, -0.1) is 0 Å². The first kappa shape index (κ1) is 22.4. The Morgan fingerprint density at radius 1 is 1.10 bits per heavy atom. The third kappa shape index (κ3) is 4.42. The fourth-order valence-corrected chi connectivity index (χ4v) is 3.60. The van der Waals surface area contributed by atoms with Gasteiger partial charge >= 0.3 is 6.03 Å². The van der Waals surface area contributed by atoms with Gasteiger partial charge < -0.3 is 10.6 Å². The van der Waals surface area contributed by atoms with Crippen LogP contribution in [0.1, 0.15) is 56.3 Å². The van der Waals surface area contributed by atoms with E-state index < -0.39 is 47.6 Å². The van der Waals surface area contributed by atoms with Crippen LogP contribution in [0.3, 0.4) is 0 Å². The normalized spacial score (nSPS) is 19.5. The molecule has 1 heterocycles. The van der Waals surface area contributed by atoms with E-state index in [0.717, 1.165) is 22.6 Å². The van der Waals surface area contributed by atoms with Crippen molar-refractivity contribution in [3.63, 3.8) is 0 Å². The van der Waals surface area contributed by atoms with Gasteiger partial charge in [0.25, 0.3) is 5.91 Å². The van der Waals surface area contributed by atoms with E-state index in [2.05, 4.69) is 24.5 Å². The van der Waals surface area contributed by atoms with Crippen molar-refractivity contribution in [2.24, 2.45) is 0 Å². The van der Waals surface area contributed by atoms with Gasteiger partial charge in [0.1, 0.15) is 23.7 Å². The Balaban J connectivity index is 1.71. The summed E-state index contributed by atoms with van der Waals surface area (Å²) in [6.07, 6.45) is 0. The Morgan fingerprint density at radius 3 is 2.32 bits per heavy atom. The number of urea groups is 1. The molecule has 8 heteroatoms. The summed E-state index contributed by atoms with van der Waals surface area (Å²) in [7, 11) is 0. The summed E-state index contributed by atoms with van der Waals surface area (Å²) in [4.78, 5) is 38.7. The summed E-state index contributed by atoms with van der Waals surface area (Å²) in [6, 6.07) is 8.98. The lowest BCUT2D eigenvalue weighted by Gasteiger charge is -2.23. The maximum atomic E-state index is 13.9. The van der Waals surface area contributed by atoms with Gasteiger partial charge in [0, 0.05) is 11.6 Å². The Hall–Kier alpha value is -3.29. The molecule has 0 radical (unpaired) electrons. The van der Waals surface area contributed by atoms with Crippen LogP contribution in [0.5, 0.6) is 0 Å². The molecule has 0 aromatic heterocycles. The highest BCUT2D eigenvalue weighted by Crippen LogP contribution is 2.30. The van der Waals surface area contributed by atoms with E-state index in [9.17, 15) is 23.2 Å². The minimum atomic E-state index is -1.29. The lowest BCUT2D eigenvalue weighted by Crippen LogP contribution is -2.43. The van der Waals surface area contributed by atoms with Crippen molar-refractivity contribution < 1.29 is 23.2 Å². The average Bonchev–Trinajstić information content (AvgIpc) is 2.91. The van der Waals surface area contributed by atoms with E-state index in [1.165, 1.54) is 13.0 Å². The number of carbonyl (C=O) groups excluding carboxylic acids is 3. The van der Waals surface area contributed by atoms with Gasteiger partial charge in [-0.05, 0) is 37.0 Å². The van der Waals surface area contributed by atoms with Gasteiger partial charge in [-0.25, -0.2) is 13.6 Å². The number of nitrogens with zero attached hydrogens (tertiary/aromatic N) is 1. The van der Waals surface area contributed by atoms with E-state index in [0.29, 0.717) is 11.5 Å². The highest BCUT2D eigenvalue weighted by atomic mass is 19.1. The lowest BCUT2D eigenvalue weighted by atomic mass is 9.90. The first-order valence-electron chi connectivity index (χ1n) is 10.0. The van der Waals surface area contributed by atoms with Crippen molar-refractivity contribution in [3.05, 3.63) is 70.8 Å². The van der Waals surface area contributed by atoms with Crippen LogP contribution in [-0.2, 0) is 15.1 Å². The van der Waals surface area contributed by atoms with Gasteiger partial charge in [-0.1, -0.05) is 44.2 Å². The molecule has 0 aliphatic carbocycles. The topological polar surface area (TPSA) is 78.5 Å². The van der Waals surface area contributed by atoms with Crippen molar-refractivity contribution >= 4 is 17.8 Å². The molecule has 1 fully saturated rings. The lowest BCUT2D eigenvalue weighted by molar-refractivity contribution is -0.135. The highest BCUT2D eigenvalue weighted by Gasteiger charge is 2.49. The molecule has 6 nitrogen and oxygen atoms in total. The molecule has 2 aromatic rings. The van der Waals surface area contributed by atoms with E-state index in [1.54, 1.807) is 19.1 Å². The molecule has 1 aliphatic rings. The van der Waals surface area contributed by atoms with Crippen LogP contribution in [0.4, 0.5) is 13.6 Å². The van der Waals surface area contributed by atoms with Gasteiger partial charge in [0.05, 0.1) is 6.04 Å². The van der Waals surface area contributed by atoms with Crippen LogP contribution >= 0.6 is 0 Å². The SMILES string of the molecule is CC(C)c1ccc(C2(C)NC(=O)N(CC(=O)NC(C)c3ccc(F)cc3F)C2=O)cc1. The summed E-state index contributed by atoms with van der Waals surface area (Å²) >= 11 is 0. The summed E-state index contributed by atoms with van der Waals surface area (Å²) in [5.41, 5.74) is 0.519. The highest BCUT2D eigenvalue weighted by molar-refractivity contribution is 6.09. The molecule has 2 N–H and O–H groups in total. The molecule has 2 aromatic carbocycles. The van der Waals surface area contributed by atoms with Crippen LogP contribution in [0, 0.1) is 11.6 Å². The molecular weight excluding hydrogens is 404 g/mol. The van der Waals surface area contributed by atoms with E-state index >= 15 is 0 Å². The smallest absolute Gasteiger partial charge is 0.325 e. The zero-order valence-corrected chi connectivity index (χ0v) is 17.8. The Kier molecular flexibility index (Phi) is 6.10. The number of hydrogen-bond acceptors (Lipinski definition) is 3. The molecule has 164 valence electrons. The van der Waals surface area contributed by atoms with Crippen molar-refractivity contribution in [1.29, 1.82) is 0 Å². The summed E-state index contributed by atoms with van der Waals surface area (Å²) in [5, 5.41) is 5.19. The molecule has 2 atom stereocenters. The van der Waals surface area contributed by atoms with E-state index in [4.69, 9.17) is 0 Å². The van der Waals surface area contributed by atoms with Gasteiger partial charge in [0.15, 0.2) is 0 Å². The first-order valence-corrected chi connectivity index (χ1v) is 10.0. The fourth-order valence-electron chi connectivity index (χ4n) is 3.60. The van der Waals surface area contributed by atoms with Crippen molar-refractivity contribution in [2.75, 3.05) is 6.54 Å². The summed E-state index contributed by atoms with van der Waals surface area (Å²) in [6.45, 7) is 6.71. The van der Waals surface area contributed by atoms with E-state index in [1.807, 2.05) is 12.1 Å². The van der Waals surface area contributed by atoms with Crippen LogP contribution in [0.25, 0.3) is 0 Å². The van der Waals surface area contributed by atoms with Gasteiger partial charge in [-0.3, -0.25) is 14.5 Å². The number of rotatable bonds is 6. The largest absolute Gasteiger partial charge is 0.348 e. The first-order chi connectivity index (χ1) is 14.5. The Bertz CT molecular complexity index is 1020. The molecule has 31 heavy (non-hydrogen) atoms. The quantitative estimate of drug-likeness (QED) is 0.687. The zero-order valence-electron chi connectivity index (χ0n) is 17.8. The molecule has 0 saturated carbocycles. The second-order valence-corrected chi connectivity index (χ2v) is 8.18. The van der Waals surface area contributed by atoms with Crippen LogP contribution in [-0.4, -0.2) is 29.3 Å². The summed E-state index contributed by atoms with van der Waals surface area (Å²) in [5.74, 6) is -2.38. The predicted octanol–water partition coefficient (Wildman–Crippen LogP) is 3.73. The van der Waals surface area contributed by atoms with Crippen LogP contribution in [0.15, 0.2) is 42.5 Å². The predicted molar refractivity (Wildman–Crippen MR) is 111 cm³/mol. The average molecular weight is 429 g/mol. The van der Waals surface area contributed by atoms with Gasteiger partial charge in [-0.2, -0.15) is 0 Å². The summed E-state index contributed by atoms with van der Waals surface area (Å²) < 4.78 is 27.0. The number of benzene rings is 2. The molecule has 4 amide bonds. The number of nitrogens with one attached hydrogen (secondary N) is 2. The van der Waals surface area contributed by atoms with Crippen molar-refractivity contribution in [3.8, 4) is 0 Å². The molecule has 2 unspecified atom stereocenters. The van der Waals surface area contributed by atoms with Crippen LogP contribution in [0.2, 0.25) is 0 Å². The second-order valence-electron chi connectivity index (χ2n) is 8.18. The van der Waals surface area contributed by atoms with Gasteiger partial charge in [0.2, 0.25) is 5.91 Å². The van der Waals surface area contributed by atoms with Crippen LogP contribution < -0.4 is 10.6 Å². The zero-order chi connectivity index (χ0) is 22.9. The maximum Gasteiger partial charge on any atom is 0.325 e. The number of amides is 4. The standard InChI is InChI=1S/C23H25F2N3O3/c1-13(2)15-5-7-16(8-6-15)23(4)21(30)28(22(31)27-23)12-20(29)26-14(3)18-10-9-17(24)11-19(18)25/h5-11,13-14H,12H2,1-4H3,(H,26,29)(H,27,31). The number of hydrogen-bond donors (Lipinski definition) is 2. The maximum absolute atomic E-state index is 13.9. The van der Waals surface area contributed by atoms with Crippen molar-refractivity contribution in [2.45, 2.75) is 45.2 Å². The fraction of sp³-hybridized carbons (Fsp3) is 0.348. The minimum absolute atomic E-state index is 0.0991. The monoisotopic (exact) mass is 429 g/mol. The third-order valence-electron chi connectivity index (χ3n) is 5.54. The number of imide groups is 1. The molecular formula is C23H25F2N3O3. The molecule has 0 bridgehead atoms. The second kappa shape index (κ2) is 8.45. The molecule has 1 aliphatic heterocycles. The third-order valence-corrected chi connectivity index (χ3v) is 5.54. The number of halogens is 2. The molecule has 0 spiro atoms. The van der Waals surface area contributed by atoms with Crippen molar-refractivity contribution in [1.82, 2.24) is 15.5 Å². The number of carbonyl (C=O) groups is 3. The molecule has 1 saturated heterocycles.